The second kappa shape index (κ2) is 9.26. The first kappa shape index (κ1) is 20.4. The van der Waals surface area contributed by atoms with Crippen LogP contribution in [-0.2, 0) is 0 Å². The molecule has 3 aromatic carbocycles. The molecular weight excluding hydrogens is 458 g/mol. The van der Waals surface area contributed by atoms with Crippen molar-refractivity contribution >= 4 is 56.3 Å². The summed E-state index contributed by atoms with van der Waals surface area (Å²) < 4.78 is 6.44. The average Bonchev–Trinajstić information content (AvgIpc) is 2.70. The molecule has 9 heteroatoms. The van der Waals surface area contributed by atoms with Gasteiger partial charge >= 0.3 is 0 Å². The van der Waals surface area contributed by atoms with Crippen LogP contribution in [0.4, 0.5) is 17.1 Å². The highest BCUT2D eigenvalue weighted by atomic mass is 79.9. The molecule has 0 aliphatic carbocycles. The zero-order chi connectivity index (χ0) is 20.8. The number of nitrogens with one attached hydrogen (secondary N) is 2. The molecule has 2 N–H and O–H groups in total. The molecule has 0 radical (unpaired) electrons. The van der Waals surface area contributed by atoms with Gasteiger partial charge in [0, 0.05) is 33.5 Å². The van der Waals surface area contributed by atoms with Gasteiger partial charge in [-0.1, -0.05) is 15.9 Å². The van der Waals surface area contributed by atoms with Gasteiger partial charge in [-0.2, -0.15) is 0 Å². The highest BCUT2D eigenvalue weighted by Gasteiger charge is 2.08. The molecule has 0 unspecified atom stereocenters. The average molecular weight is 472 g/mol. The van der Waals surface area contributed by atoms with E-state index in [1.54, 1.807) is 36.4 Å². The molecule has 29 heavy (non-hydrogen) atoms. The van der Waals surface area contributed by atoms with Crippen LogP contribution in [0.25, 0.3) is 0 Å². The van der Waals surface area contributed by atoms with Crippen LogP contribution in [0.3, 0.4) is 0 Å². The Kier molecular flexibility index (Phi) is 6.53. The Morgan fingerprint density at radius 2 is 1.45 bits per heavy atom. The van der Waals surface area contributed by atoms with Gasteiger partial charge in [0.2, 0.25) is 0 Å². The van der Waals surface area contributed by atoms with Gasteiger partial charge in [0.05, 0.1) is 4.92 Å². The summed E-state index contributed by atoms with van der Waals surface area (Å²) in [4.78, 5) is 22.5. The van der Waals surface area contributed by atoms with E-state index in [4.69, 9.17) is 17.0 Å². The lowest BCUT2D eigenvalue weighted by Crippen LogP contribution is -2.16. The summed E-state index contributed by atoms with van der Waals surface area (Å²) in [7, 11) is 0. The number of hydrogen-bond donors (Lipinski definition) is 2. The highest BCUT2D eigenvalue weighted by molar-refractivity contribution is 9.10. The number of hydrogen-bond acceptors (Lipinski definition) is 5. The largest absolute Gasteiger partial charge is 0.432 e. The van der Waals surface area contributed by atoms with Crippen molar-refractivity contribution in [3.05, 3.63) is 92.9 Å². The van der Waals surface area contributed by atoms with Crippen molar-refractivity contribution in [3.63, 3.8) is 0 Å². The van der Waals surface area contributed by atoms with Crippen LogP contribution in [0.15, 0.2) is 77.3 Å². The van der Waals surface area contributed by atoms with E-state index in [9.17, 15) is 14.9 Å². The molecule has 7 nitrogen and oxygen atoms in total. The van der Waals surface area contributed by atoms with E-state index in [1.165, 1.54) is 24.3 Å². The molecule has 0 saturated carbocycles. The molecule has 0 bridgehead atoms. The minimum atomic E-state index is -0.479. The fourth-order valence-corrected chi connectivity index (χ4v) is 2.81. The van der Waals surface area contributed by atoms with Gasteiger partial charge in [-0.05, 0) is 72.9 Å². The van der Waals surface area contributed by atoms with Crippen molar-refractivity contribution in [2.75, 3.05) is 10.6 Å². The minimum absolute atomic E-state index is 0.0145. The summed E-state index contributed by atoms with van der Waals surface area (Å²) in [6.45, 7) is 0. The standard InChI is InChI=1S/C20H14BrN3O4S/c21-14-3-5-15(6-4-14)22-19(25)13-1-11-18(12-2-13)28-20(29)23-16-7-9-17(10-8-16)24(26)27/h1-12H,(H,22,25)(H,23,29). The lowest BCUT2D eigenvalue weighted by Gasteiger charge is -2.10. The maximum atomic E-state index is 12.3. The first-order valence-electron chi connectivity index (χ1n) is 8.31. The summed E-state index contributed by atoms with van der Waals surface area (Å²) in [5.74, 6) is 0.204. The molecule has 3 aromatic rings. The number of nitrogens with zero attached hydrogens (tertiary/aromatic N) is 1. The third-order valence-electron chi connectivity index (χ3n) is 3.75. The number of halogens is 1. The molecule has 0 aromatic heterocycles. The second-order valence-corrected chi connectivity index (χ2v) is 7.09. The van der Waals surface area contributed by atoms with E-state index >= 15 is 0 Å². The Morgan fingerprint density at radius 1 is 0.897 bits per heavy atom. The third-order valence-corrected chi connectivity index (χ3v) is 4.47. The number of anilines is 2. The number of nitro benzene ring substituents is 1. The van der Waals surface area contributed by atoms with Gasteiger partial charge in [-0.3, -0.25) is 14.9 Å². The first-order valence-corrected chi connectivity index (χ1v) is 9.51. The number of thiocarbonyl (C=S) groups is 1. The summed E-state index contributed by atoms with van der Waals surface area (Å²) in [5.41, 5.74) is 1.70. The van der Waals surface area contributed by atoms with Crippen molar-refractivity contribution in [2.45, 2.75) is 0 Å². The van der Waals surface area contributed by atoms with E-state index in [-0.39, 0.29) is 16.8 Å². The van der Waals surface area contributed by atoms with Gasteiger partial charge in [-0.25, -0.2) is 0 Å². The van der Waals surface area contributed by atoms with Crippen LogP contribution >= 0.6 is 28.1 Å². The van der Waals surface area contributed by atoms with Gasteiger partial charge in [0.15, 0.2) is 0 Å². The van der Waals surface area contributed by atoms with Gasteiger partial charge in [-0.15, -0.1) is 0 Å². The van der Waals surface area contributed by atoms with Crippen molar-refractivity contribution in [2.24, 2.45) is 0 Å². The molecular formula is C20H14BrN3O4S. The van der Waals surface area contributed by atoms with Gasteiger partial charge < -0.3 is 15.4 Å². The summed E-state index contributed by atoms with van der Waals surface area (Å²) >= 11 is 8.48. The highest BCUT2D eigenvalue weighted by Crippen LogP contribution is 2.18. The Morgan fingerprint density at radius 3 is 2.03 bits per heavy atom. The molecule has 0 saturated heterocycles. The Balaban J connectivity index is 1.56. The SMILES string of the molecule is O=C(Nc1ccc(Br)cc1)c1ccc(OC(=S)Nc2ccc([N+](=O)[O-])cc2)cc1. The van der Waals surface area contributed by atoms with E-state index < -0.39 is 4.92 Å². The molecule has 0 spiro atoms. The fraction of sp³-hybridized carbons (Fsp3) is 0. The zero-order valence-electron chi connectivity index (χ0n) is 14.8. The van der Waals surface area contributed by atoms with Crippen LogP contribution < -0.4 is 15.4 Å². The predicted molar refractivity (Wildman–Crippen MR) is 118 cm³/mol. The molecule has 0 fully saturated rings. The molecule has 146 valence electrons. The number of non-ortho nitro benzene ring substituents is 1. The molecule has 1 amide bonds. The Hall–Kier alpha value is -3.30. The minimum Gasteiger partial charge on any atom is -0.432 e. The fourth-order valence-electron chi connectivity index (χ4n) is 2.33. The molecule has 0 atom stereocenters. The number of nitro groups is 1. The second-order valence-electron chi connectivity index (χ2n) is 5.80. The van der Waals surface area contributed by atoms with Crippen LogP contribution in [0, 0.1) is 10.1 Å². The Bertz CT molecular complexity index is 1040. The topological polar surface area (TPSA) is 93.5 Å². The van der Waals surface area contributed by atoms with Crippen LogP contribution in [-0.4, -0.2) is 16.0 Å². The number of rotatable bonds is 5. The number of carbonyl (C=O) groups excluding carboxylic acids is 1. The lowest BCUT2D eigenvalue weighted by atomic mass is 10.2. The monoisotopic (exact) mass is 471 g/mol. The van der Waals surface area contributed by atoms with E-state index in [2.05, 4.69) is 26.6 Å². The number of amides is 1. The number of ether oxygens (including phenoxy) is 1. The maximum Gasteiger partial charge on any atom is 0.269 e. The maximum absolute atomic E-state index is 12.3. The lowest BCUT2D eigenvalue weighted by molar-refractivity contribution is -0.384. The van der Waals surface area contributed by atoms with E-state index in [0.717, 1.165) is 4.47 Å². The van der Waals surface area contributed by atoms with E-state index in [0.29, 0.717) is 22.7 Å². The molecule has 0 aliphatic rings. The van der Waals surface area contributed by atoms with Crippen molar-refractivity contribution < 1.29 is 14.5 Å². The number of carbonyl (C=O) groups is 1. The Labute approximate surface area is 180 Å². The quantitative estimate of drug-likeness (QED) is 0.294. The smallest absolute Gasteiger partial charge is 0.269 e. The first-order chi connectivity index (χ1) is 13.9. The summed E-state index contributed by atoms with van der Waals surface area (Å²) in [6, 6.07) is 19.6. The molecule has 3 rings (SSSR count). The van der Waals surface area contributed by atoms with Crippen LogP contribution in [0.5, 0.6) is 5.75 Å². The van der Waals surface area contributed by atoms with Gasteiger partial charge in [0.1, 0.15) is 5.75 Å². The third kappa shape index (κ3) is 5.84. The molecule has 0 heterocycles. The zero-order valence-corrected chi connectivity index (χ0v) is 17.2. The summed E-state index contributed by atoms with van der Waals surface area (Å²) in [5, 5.41) is 16.4. The predicted octanol–water partition coefficient (Wildman–Crippen LogP) is 5.39. The number of benzene rings is 3. The van der Waals surface area contributed by atoms with Crippen molar-refractivity contribution in [3.8, 4) is 5.75 Å². The van der Waals surface area contributed by atoms with Gasteiger partial charge in [0.25, 0.3) is 16.8 Å². The normalized spacial score (nSPS) is 10.1. The van der Waals surface area contributed by atoms with Crippen LogP contribution in [0.2, 0.25) is 0 Å². The van der Waals surface area contributed by atoms with E-state index in [1.807, 2.05) is 12.1 Å². The summed E-state index contributed by atoms with van der Waals surface area (Å²) in [6.07, 6.45) is 0. The van der Waals surface area contributed by atoms with Crippen molar-refractivity contribution in [1.82, 2.24) is 0 Å². The molecule has 0 aliphatic heterocycles. The van der Waals surface area contributed by atoms with Crippen molar-refractivity contribution in [1.29, 1.82) is 0 Å². The van der Waals surface area contributed by atoms with Crippen LogP contribution in [0.1, 0.15) is 10.4 Å².